The molecule has 0 aliphatic carbocycles. The molecule has 0 N–H and O–H groups in total. The van der Waals surface area contributed by atoms with Crippen molar-refractivity contribution in [2.24, 2.45) is 4.99 Å². The Bertz CT molecular complexity index is 939. The van der Waals surface area contributed by atoms with Crippen LogP contribution in [-0.4, -0.2) is 24.6 Å². The third kappa shape index (κ3) is 5.30. The fourth-order valence-electron chi connectivity index (χ4n) is 3.06. The van der Waals surface area contributed by atoms with Crippen molar-refractivity contribution in [1.29, 1.82) is 0 Å². The molecule has 3 rings (SSSR count). The van der Waals surface area contributed by atoms with Crippen LogP contribution in [0.4, 0.5) is 10.1 Å². The highest BCUT2D eigenvalue weighted by molar-refractivity contribution is 8.00. The van der Waals surface area contributed by atoms with E-state index in [0.29, 0.717) is 11.7 Å². The van der Waals surface area contributed by atoms with Crippen molar-refractivity contribution in [2.45, 2.75) is 40.0 Å². The minimum Gasteiger partial charge on any atom is -0.444 e. The van der Waals surface area contributed by atoms with Crippen LogP contribution in [0.1, 0.15) is 49.8 Å². The van der Waals surface area contributed by atoms with Gasteiger partial charge in [-0.25, -0.2) is 4.39 Å². The Morgan fingerprint density at radius 3 is 2.47 bits per heavy atom. The molecule has 4 nitrogen and oxygen atoms in total. The van der Waals surface area contributed by atoms with Gasteiger partial charge in [0.05, 0.1) is 11.5 Å². The number of hydrogen-bond donors (Lipinski definition) is 0. The number of aliphatic imine (C=N–C) groups is 1. The van der Waals surface area contributed by atoms with E-state index in [1.165, 1.54) is 12.1 Å². The highest BCUT2D eigenvalue weighted by Gasteiger charge is 2.34. The highest BCUT2D eigenvalue weighted by atomic mass is 32.2. The number of rotatable bonds is 4. The van der Waals surface area contributed by atoms with Crippen molar-refractivity contribution in [3.05, 3.63) is 76.8 Å². The molecule has 0 saturated carbocycles. The number of benzene rings is 2. The summed E-state index contributed by atoms with van der Waals surface area (Å²) in [6.45, 7) is 9.75. The second-order valence-corrected chi connectivity index (χ2v) is 7.58. The van der Waals surface area contributed by atoms with Crippen LogP contribution in [0.3, 0.4) is 0 Å². The zero-order valence-corrected chi connectivity index (χ0v) is 19.2. The van der Waals surface area contributed by atoms with Gasteiger partial charge in [0.25, 0.3) is 0 Å². The fraction of sp³-hybridized carbons (Fsp3) is 0.333. The predicted octanol–water partition coefficient (Wildman–Crippen LogP) is 6.26. The van der Waals surface area contributed by atoms with Gasteiger partial charge >= 0.3 is 0 Å². The third-order valence-corrected chi connectivity index (χ3v) is 5.81. The molecule has 1 aliphatic heterocycles. The second kappa shape index (κ2) is 11.0. The van der Waals surface area contributed by atoms with E-state index in [1.807, 2.05) is 58.9 Å². The van der Waals surface area contributed by atoms with Gasteiger partial charge in [-0.3, -0.25) is 14.7 Å². The molecule has 6 heteroatoms. The molecule has 1 unspecified atom stereocenters. The van der Waals surface area contributed by atoms with Gasteiger partial charge in [0.1, 0.15) is 11.2 Å². The number of carbonyl (C=O) groups is 1. The first-order chi connectivity index (χ1) is 14.4. The molecule has 0 spiro atoms. The van der Waals surface area contributed by atoms with Gasteiger partial charge in [-0.15, -0.1) is 11.8 Å². The Morgan fingerprint density at radius 1 is 1.23 bits per heavy atom. The van der Waals surface area contributed by atoms with E-state index in [9.17, 15) is 9.18 Å². The molecule has 160 valence electrons. The van der Waals surface area contributed by atoms with Gasteiger partial charge in [-0.1, -0.05) is 26.0 Å². The Hall–Kier alpha value is -2.60. The fourth-order valence-corrected chi connectivity index (χ4v) is 4.23. The van der Waals surface area contributed by atoms with E-state index in [0.717, 1.165) is 28.1 Å². The zero-order valence-electron chi connectivity index (χ0n) is 18.4. The quantitative estimate of drug-likeness (QED) is 0.328. The summed E-state index contributed by atoms with van der Waals surface area (Å²) in [5, 5.41) is -0.168. The number of allylic oxidation sites excluding steroid dienone is 2. The second-order valence-electron chi connectivity index (χ2n) is 6.51. The average molecular weight is 429 g/mol. The van der Waals surface area contributed by atoms with E-state index in [-0.39, 0.29) is 17.1 Å². The third-order valence-electron chi connectivity index (χ3n) is 4.59. The molecular weight excluding hydrogens is 399 g/mol. The van der Waals surface area contributed by atoms with E-state index in [1.54, 1.807) is 35.8 Å². The number of carbonyl (C=O) groups excluding carboxylic acids is 1. The summed E-state index contributed by atoms with van der Waals surface area (Å²) in [6.07, 6.45) is 1.87. The Labute approximate surface area is 182 Å². The van der Waals surface area contributed by atoms with E-state index in [4.69, 9.17) is 4.74 Å². The van der Waals surface area contributed by atoms with Crippen LogP contribution in [0.25, 0.3) is 0 Å². The van der Waals surface area contributed by atoms with Crippen molar-refractivity contribution >= 4 is 29.3 Å². The first-order valence-corrected chi connectivity index (χ1v) is 11.1. The van der Waals surface area contributed by atoms with Crippen LogP contribution in [-0.2, 0) is 9.53 Å². The number of ether oxygens (including phenoxy) is 1. The summed E-state index contributed by atoms with van der Waals surface area (Å²) < 4.78 is 19.1. The smallest absolute Gasteiger partial charge is 0.238 e. The molecule has 0 radical (unpaired) electrons. The Morgan fingerprint density at radius 2 is 1.90 bits per heavy atom. The molecule has 1 aliphatic rings. The monoisotopic (exact) mass is 428 g/mol. The number of amides is 1. The van der Waals surface area contributed by atoms with Crippen molar-refractivity contribution in [2.75, 3.05) is 17.7 Å². The van der Waals surface area contributed by atoms with Crippen LogP contribution in [0.2, 0.25) is 0 Å². The van der Waals surface area contributed by atoms with Gasteiger partial charge in [0.2, 0.25) is 11.8 Å². The highest BCUT2D eigenvalue weighted by Crippen LogP contribution is 2.42. The summed E-state index contributed by atoms with van der Waals surface area (Å²) in [7, 11) is 1.69. The molecule has 30 heavy (non-hydrogen) atoms. The van der Waals surface area contributed by atoms with Crippen molar-refractivity contribution in [1.82, 2.24) is 0 Å². The van der Waals surface area contributed by atoms with E-state index >= 15 is 0 Å². The number of hydrogen-bond acceptors (Lipinski definition) is 4. The lowest BCUT2D eigenvalue weighted by molar-refractivity contribution is -0.115. The number of halogens is 1. The molecule has 2 aromatic carbocycles. The van der Waals surface area contributed by atoms with Crippen LogP contribution >= 0.6 is 11.8 Å². The minimum atomic E-state index is -0.284. The molecule has 2 aromatic rings. The average Bonchev–Trinajstić information content (AvgIpc) is 3.14. The van der Waals surface area contributed by atoms with Crippen LogP contribution in [0.15, 0.2) is 59.3 Å². The topological polar surface area (TPSA) is 41.9 Å². The predicted molar refractivity (Wildman–Crippen MR) is 125 cm³/mol. The van der Waals surface area contributed by atoms with Gasteiger partial charge in [0, 0.05) is 18.3 Å². The van der Waals surface area contributed by atoms with Gasteiger partial charge < -0.3 is 4.74 Å². The molecule has 1 saturated heterocycles. The van der Waals surface area contributed by atoms with E-state index < -0.39 is 0 Å². The SMILES string of the molecule is C/C=C(/C)OC(=NC)c1ccc(N2C(=O)CSC2c2ccc(F)cc2)c(C)c1.CC. The van der Waals surface area contributed by atoms with Gasteiger partial charge in [-0.2, -0.15) is 0 Å². The molecule has 0 bridgehead atoms. The molecule has 1 atom stereocenters. The standard InChI is InChI=1S/C22H23FN2O2S.C2H6/c1-5-15(3)27-21(24-4)17-8-11-19(14(2)12-17)25-20(26)13-28-22(25)16-6-9-18(23)10-7-16;1-2/h5-12,22H,13H2,1-4H3;1-2H3/b15-5-,24-21?;. The van der Waals surface area contributed by atoms with Crippen LogP contribution in [0.5, 0.6) is 0 Å². The maximum atomic E-state index is 13.3. The molecule has 1 fully saturated rings. The first-order valence-electron chi connectivity index (χ1n) is 10.0. The van der Waals surface area contributed by atoms with E-state index in [2.05, 4.69) is 4.99 Å². The number of anilines is 1. The first kappa shape index (κ1) is 23.7. The summed E-state index contributed by atoms with van der Waals surface area (Å²) in [5.41, 5.74) is 3.54. The van der Waals surface area contributed by atoms with Crippen molar-refractivity contribution in [3.8, 4) is 0 Å². The normalized spacial score (nSPS) is 17.0. The summed E-state index contributed by atoms with van der Waals surface area (Å²) in [4.78, 5) is 18.6. The molecule has 1 amide bonds. The van der Waals surface area contributed by atoms with Crippen LogP contribution in [0, 0.1) is 12.7 Å². The number of nitrogens with zero attached hydrogens (tertiary/aromatic N) is 2. The maximum absolute atomic E-state index is 13.3. The number of aryl methyl sites for hydroxylation is 1. The summed E-state index contributed by atoms with van der Waals surface area (Å²) in [6, 6.07) is 12.1. The lowest BCUT2D eigenvalue weighted by Gasteiger charge is -2.26. The lowest BCUT2D eigenvalue weighted by Crippen LogP contribution is -2.28. The van der Waals surface area contributed by atoms with Gasteiger partial charge in [0.15, 0.2) is 0 Å². The maximum Gasteiger partial charge on any atom is 0.238 e. The van der Waals surface area contributed by atoms with Crippen molar-refractivity contribution < 1.29 is 13.9 Å². The molecule has 0 aromatic heterocycles. The Kier molecular flexibility index (Phi) is 8.66. The van der Waals surface area contributed by atoms with Crippen molar-refractivity contribution in [3.63, 3.8) is 0 Å². The molecular formula is C24H29FN2O2S. The summed E-state index contributed by atoms with van der Waals surface area (Å²) >= 11 is 1.55. The summed E-state index contributed by atoms with van der Waals surface area (Å²) in [5.74, 6) is 1.45. The Balaban J connectivity index is 0.00000155. The minimum absolute atomic E-state index is 0.0422. The van der Waals surface area contributed by atoms with Gasteiger partial charge in [-0.05, 0) is 68.3 Å². The molecule has 1 heterocycles. The lowest BCUT2D eigenvalue weighted by atomic mass is 10.1. The largest absolute Gasteiger partial charge is 0.444 e. The number of thioether (sulfide) groups is 1. The van der Waals surface area contributed by atoms with Crippen LogP contribution < -0.4 is 4.90 Å². The zero-order chi connectivity index (χ0) is 22.3.